The molecule has 2 fully saturated rings. The largest absolute Gasteiger partial charge is 0.390 e. The van der Waals surface area contributed by atoms with E-state index in [9.17, 15) is 9.90 Å². The van der Waals surface area contributed by atoms with Crippen molar-refractivity contribution in [1.29, 1.82) is 0 Å². The first-order valence-electron chi connectivity index (χ1n) is 10.9. The molecule has 2 saturated carbocycles. The van der Waals surface area contributed by atoms with Gasteiger partial charge < -0.3 is 15.2 Å². The lowest BCUT2D eigenvalue weighted by molar-refractivity contribution is -0.113. The maximum Gasteiger partial charge on any atom is 0.140 e. The molecule has 1 aromatic carbocycles. The van der Waals surface area contributed by atoms with Crippen LogP contribution in [0.25, 0.3) is 0 Å². The van der Waals surface area contributed by atoms with Crippen molar-refractivity contribution < 1.29 is 9.90 Å². The van der Waals surface area contributed by atoms with Crippen molar-refractivity contribution in [3.05, 3.63) is 28.8 Å². The lowest BCUT2D eigenvalue weighted by Crippen LogP contribution is -2.51. The van der Waals surface area contributed by atoms with Crippen LogP contribution < -0.4 is 5.32 Å². The van der Waals surface area contributed by atoms with E-state index >= 15 is 0 Å². The summed E-state index contributed by atoms with van der Waals surface area (Å²) >= 11 is 7.58. The first-order valence-corrected chi connectivity index (χ1v) is 12.1. The van der Waals surface area contributed by atoms with E-state index < -0.39 is 11.1 Å². The average Bonchev–Trinajstić information content (AvgIpc) is 2.64. The fraction of sp³-hybridized carbons (Fsp3) is 0.708. The van der Waals surface area contributed by atoms with Gasteiger partial charge in [0.05, 0.1) is 11.1 Å². The van der Waals surface area contributed by atoms with Crippen LogP contribution in [-0.4, -0.2) is 47.0 Å². The van der Waals surface area contributed by atoms with E-state index in [-0.39, 0.29) is 0 Å². The minimum Gasteiger partial charge on any atom is -0.390 e. The highest BCUT2D eigenvalue weighted by Gasteiger charge is 2.44. The monoisotopic (exact) mass is 454 g/mol. The molecule has 0 amide bonds. The molecule has 0 aliphatic heterocycles. The van der Waals surface area contributed by atoms with Crippen LogP contribution in [-0.2, 0) is 4.79 Å². The van der Waals surface area contributed by atoms with E-state index in [1.54, 1.807) is 0 Å². The lowest BCUT2D eigenvalue weighted by atomic mass is 9.61. The Balaban J connectivity index is 0.000000215. The fourth-order valence-electron chi connectivity index (χ4n) is 5.00. The molecule has 2 N–H and O–H groups in total. The van der Waals surface area contributed by atoms with Crippen molar-refractivity contribution in [3.8, 4) is 0 Å². The van der Waals surface area contributed by atoms with E-state index in [1.807, 2.05) is 57.2 Å². The van der Waals surface area contributed by atoms with Gasteiger partial charge in [-0.2, -0.15) is 0 Å². The molecule has 0 heterocycles. The predicted molar refractivity (Wildman–Crippen MR) is 128 cm³/mol. The summed E-state index contributed by atoms with van der Waals surface area (Å²) in [6, 6.07) is 6.41. The molecule has 1 aromatic rings. The van der Waals surface area contributed by atoms with Gasteiger partial charge in [-0.25, -0.2) is 4.31 Å². The topological polar surface area (TPSA) is 52.6 Å². The summed E-state index contributed by atoms with van der Waals surface area (Å²) in [5.41, 5.74) is 0.158. The molecular weight excluding hydrogens is 416 g/mol. The van der Waals surface area contributed by atoms with Crippen LogP contribution in [0.4, 0.5) is 0 Å². The zero-order valence-corrected chi connectivity index (χ0v) is 21.1. The molecule has 0 aromatic heterocycles. The van der Waals surface area contributed by atoms with Gasteiger partial charge in [0.15, 0.2) is 0 Å². The van der Waals surface area contributed by atoms with Crippen molar-refractivity contribution in [1.82, 2.24) is 9.62 Å². The Morgan fingerprint density at radius 2 is 2.00 bits per heavy atom. The van der Waals surface area contributed by atoms with Gasteiger partial charge >= 0.3 is 0 Å². The maximum atomic E-state index is 10.9. The molecule has 4 nitrogen and oxygen atoms in total. The van der Waals surface area contributed by atoms with Gasteiger partial charge in [-0.1, -0.05) is 24.6 Å². The second-order valence-electron chi connectivity index (χ2n) is 10.0. The predicted octanol–water partition coefficient (Wildman–Crippen LogP) is 5.35. The highest BCUT2D eigenvalue weighted by atomic mass is 35.5. The molecule has 3 rings (SSSR count). The number of aliphatic hydroxyl groups is 1. The smallest absolute Gasteiger partial charge is 0.140 e. The van der Waals surface area contributed by atoms with Crippen LogP contribution >= 0.6 is 23.5 Å². The van der Waals surface area contributed by atoms with Crippen molar-refractivity contribution in [2.75, 3.05) is 14.1 Å². The maximum absolute atomic E-state index is 10.9. The number of rotatable bonds is 5. The first kappa shape index (κ1) is 25.7. The van der Waals surface area contributed by atoms with Gasteiger partial charge in [0.2, 0.25) is 0 Å². The molecule has 170 valence electrons. The summed E-state index contributed by atoms with van der Waals surface area (Å²) in [4.78, 5) is 12.0. The number of hydrogen-bond donors (Lipinski definition) is 2. The van der Waals surface area contributed by atoms with Crippen LogP contribution in [0.2, 0.25) is 5.02 Å². The molecule has 5 atom stereocenters. The van der Waals surface area contributed by atoms with E-state index in [0.717, 1.165) is 46.4 Å². The summed E-state index contributed by atoms with van der Waals surface area (Å²) < 4.78 is 1.93. The van der Waals surface area contributed by atoms with Crippen molar-refractivity contribution in [3.63, 3.8) is 0 Å². The summed E-state index contributed by atoms with van der Waals surface area (Å²) in [5, 5.41) is 14.3. The summed E-state index contributed by atoms with van der Waals surface area (Å²) in [6.45, 7) is 10.1. The number of benzene rings is 1. The third-order valence-corrected chi connectivity index (χ3v) is 8.57. The van der Waals surface area contributed by atoms with Crippen LogP contribution in [0.5, 0.6) is 0 Å². The van der Waals surface area contributed by atoms with E-state index in [4.69, 9.17) is 11.6 Å². The zero-order valence-electron chi connectivity index (χ0n) is 19.5. The Kier molecular flexibility index (Phi) is 8.86. The third kappa shape index (κ3) is 6.46. The molecule has 6 heteroatoms. The summed E-state index contributed by atoms with van der Waals surface area (Å²) in [6.07, 6.45) is 5.56. The van der Waals surface area contributed by atoms with Crippen molar-refractivity contribution in [2.45, 2.75) is 82.4 Å². The quantitative estimate of drug-likeness (QED) is 0.464. The Labute approximate surface area is 192 Å². The Hall–Kier alpha value is -0.590. The van der Waals surface area contributed by atoms with E-state index in [0.29, 0.717) is 12.0 Å². The fourth-order valence-corrected chi connectivity index (χ4v) is 6.19. The second-order valence-corrected chi connectivity index (χ2v) is 11.6. The summed E-state index contributed by atoms with van der Waals surface area (Å²) in [5.74, 6) is 2.24. The molecule has 30 heavy (non-hydrogen) atoms. The molecule has 5 unspecified atom stereocenters. The molecule has 2 aliphatic rings. The summed E-state index contributed by atoms with van der Waals surface area (Å²) in [7, 11) is 3.96. The average molecular weight is 455 g/mol. The zero-order chi connectivity index (χ0) is 22.7. The van der Waals surface area contributed by atoms with E-state index in [2.05, 4.69) is 19.3 Å². The number of hydrogen-bond acceptors (Lipinski definition) is 5. The number of nitrogens with zero attached hydrogens (tertiary/aromatic N) is 1. The van der Waals surface area contributed by atoms with Crippen LogP contribution in [0.3, 0.4) is 0 Å². The lowest BCUT2D eigenvalue weighted by Gasteiger charge is -2.49. The Morgan fingerprint density at radius 1 is 1.33 bits per heavy atom. The number of nitrogens with one attached hydrogen (secondary N) is 1. The number of halogens is 1. The number of aldehydes is 1. The minimum atomic E-state index is -0.487. The van der Waals surface area contributed by atoms with Crippen LogP contribution in [0.15, 0.2) is 23.1 Å². The number of carbonyl (C=O) groups is 1. The molecule has 0 radical (unpaired) electrons. The van der Waals surface area contributed by atoms with Crippen LogP contribution in [0.1, 0.15) is 58.9 Å². The van der Waals surface area contributed by atoms with Crippen molar-refractivity contribution in [2.24, 2.45) is 17.8 Å². The van der Waals surface area contributed by atoms with Gasteiger partial charge in [-0.05, 0) is 115 Å². The highest BCUT2D eigenvalue weighted by molar-refractivity contribution is 7.97. The van der Waals surface area contributed by atoms with E-state index in [1.165, 1.54) is 24.8 Å². The van der Waals surface area contributed by atoms with Crippen molar-refractivity contribution >= 4 is 29.8 Å². The molecule has 2 aliphatic carbocycles. The standard InChI is InChI=1S/C12H16ClNOS.C12H23NO/c1-9-10(13)6-5-7-11(9)16-14(4)12(2,3)8-15;1-8-4-9-5-10(11(8)13-3)7-12(2,14)6-9/h5-8H,1-4H3;8-11,13-14H,4-7H2,1-3H3. The minimum absolute atomic E-state index is 0.400. The molecule has 2 bridgehead atoms. The van der Waals surface area contributed by atoms with Crippen LogP contribution in [0, 0.1) is 24.7 Å². The molecule has 0 spiro atoms. The number of carbonyl (C=O) groups excluding carboxylic acids is 1. The van der Waals surface area contributed by atoms with Gasteiger partial charge in [-0.3, -0.25) is 0 Å². The first-order chi connectivity index (χ1) is 13.9. The Morgan fingerprint density at radius 3 is 2.60 bits per heavy atom. The normalized spacial score (nSPS) is 31.1. The Bertz CT molecular complexity index is 723. The third-order valence-electron chi connectivity index (χ3n) is 6.78. The van der Waals surface area contributed by atoms with Gasteiger partial charge in [0.1, 0.15) is 6.29 Å². The highest BCUT2D eigenvalue weighted by Crippen LogP contribution is 2.46. The SMILES string of the molecule is CNC1C(C)CC2CC1CC(C)(O)C2.Cc1c(Cl)cccc1SN(C)C(C)(C)C=O. The number of likely N-dealkylation sites (N-methyl/N-ethyl adjacent to an activating group) is 1. The van der Waals surface area contributed by atoms with Gasteiger partial charge in [0, 0.05) is 16.0 Å². The molecular formula is C24H39ClN2O2S. The van der Waals surface area contributed by atoms with Gasteiger partial charge in [-0.15, -0.1) is 0 Å². The number of fused-ring (bicyclic) bond motifs is 2. The second kappa shape index (κ2) is 10.4. The molecule has 0 saturated heterocycles. The van der Waals surface area contributed by atoms with Gasteiger partial charge in [0.25, 0.3) is 0 Å².